The molecule has 3 N–H and O–H groups in total. The van der Waals surface area contributed by atoms with Gasteiger partial charge in [0.15, 0.2) is 0 Å². The van der Waals surface area contributed by atoms with Crippen molar-refractivity contribution >= 4 is 22.9 Å². The average molecular weight is 403 g/mol. The van der Waals surface area contributed by atoms with Gasteiger partial charge in [-0.05, 0) is 65.2 Å². The molecule has 158 valence electrons. The average Bonchev–Trinajstić information content (AvgIpc) is 2.97. The molecule has 1 saturated carbocycles. The van der Waals surface area contributed by atoms with Gasteiger partial charge >= 0.3 is 6.03 Å². The van der Waals surface area contributed by atoms with Crippen LogP contribution in [0.1, 0.15) is 63.8 Å². The van der Waals surface area contributed by atoms with E-state index in [1.807, 2.05) is 27.7 Å². The number of aryl methyl sites for hydroxylation is 1. The molecule has 1 aromatic carbocycles. The number of amides is 3. The third kappa shape index (κ3) is 5.08. The standard InChI is InChI=1S/C22H30FN3O3/c1-12(2)24-21(27)15-6-5-7-17(10-15)26-22(28)25-14(4)20-13(3)18-11-16(23)8-9-19(18)29-20/h8-9,11-12,14-15,17H,5-7,10H2,1-4H3,(H,24,27)(H2,25,26,28)/t14-,15?,17?/m1/s1. The summed E-state index contributed by atoms with van der Waals surface area (Å²) < 4.78 is 19.3. The van der Waals surface area contributed by atoms with E-state index >= 15 is 0 Å². The first-order valence-corrected chi connectivity index (χ1v) is 10.3. The summed E-state index contributed by atoms with van der Waals surface area (Å²) in [7, 11) is 0. The van der Waals surface area contributed by atoms with Crippen LogP contribution in [0.5, 0.6) is 0 Å². The van der Waals surface area contributed by atoms with E-state index < -0.39 is 0 Å². The van der Waals surface area contributed by atoms with Crippen LogP contribution in [0.15, 0.2) is 22.6 Å². The topological polar surface area (TPSA) is 83.4 Å². The molecule has 1 heterocycles. The molecule has 6 nitrogen and oxygen atoms in total. The van der Waals surface area contributed by atoms with Gasteiger partial charge in [-0.2, -0.15) is 0 Å². The third-order valence-electron chi connectivity index (χ3n) is 5.49. The fourth-order valence-corrected chi connectivity index (χ4v) is 4.08. The fourth-order valence-electron chi connectivity index (χ4n) is 4.08. The van der Waals surface area contributed by atoms with Crippen LogP contribution in [0.3, 0.4) is 0 Å². The Labute approximate surface area is 170 Å². The maximum atomic E-state index is 13.5. The van der Waals surface area contributed by atoms with Crippen LogP contribution >= 0.6 is 0 Å². The first kappa shape index (κ1) is 21.1. The molecule has 0 aliphatic heterocycles. The van der Waals surface area contributed by atoms with Crippen molar-refractivity contribution in [2.75, 3.05) is 0 Å². The van der Waals surface area contributed by atoms with Gasteiger partial charge in [0, 0.05) is 29.0 Å². The van der Waals surface area contributed by atoms with E-state index in [0.29, 0.717) is 23.2 Å². The Kier molecular flexibility index (Phi) is 6.45. The van der Waals surface area contributed by atoms with Crippen molar-refractivity contribution in [2.45, 2.75) is 71.5 Å². The predicted molar refractivity (Wildman–Crippen MR) is 110 cm³/mol. The van der Waals surface area contributed by atoms with Crippen LogP contribution < -0.4 is 16.0 Å². The van der Waals surface area contributed by atoms with Crippen molar-refractivity contribution in [1.82, 2.24) is 16.0 Å². The number of fused-ring (bicyclic) bond motifs is 1. The lowest BCUT2D eigenvalue weighted by Crippen LogP contribution is -2.47. The highest BCUT2D eigenvalue weighted by molar-refractivity contribution is 5.83. The van der Waals surface area contributed by atoms with Crippen molar-refractivity contribution < 1.29 is 18.4 Å². The number of hydrogen-bond donors (Lipinski definition) is 3. The molecular formula is C22H30FN3O3. The fraction of sp³-hybridized carbons (Fsp3) is 0.545. The molecule has 3 rings (SSSR count). The number of halogens is 1. The monoisotopic (exact) mass is 403 g/mol. The summed E-state index contributed by atoms with van der Waals surface area (Å²) >= 11 is 0. The molecule has 1 aliphatic rings. The second-order valence-corrected chi connectivity index (χ2v) is 8.30. The second kappa shape index (κ2) is 8.84. The maximum absolute atomic E-state index is 13.5. The molecule has 1 fully saturated rings. The number of carbonyl (C=O) groups is 2. The largest absolute Gasteiger partial charge is 0.459 e. The van der Waals surface area contributed by atoms with Gasteiger partial charge in [-0.3, -0.25) is 4.79 Å². The van der Waals surface area contributed by atoms with E-state index in [9.17, 15) is 14.0 Å². The van der Waals surface area contributed by atoms with Gasteiger partial charge in [0.25, 0.3) is 0 Å². The summed E-state index contributed by atoms with van der Waals surface area (Å²) in [5.74, 6) is 0.282. The number of hydrogen-bond acceptors (Lipinski definition) is 3. The highest BCUT2D eigenvalue weighted by Crippen LogP contribution is 2.30. The maximum Gasteiger partial charge on any atom is 0.315 e. The van der Waals surface area contributed by atoms with Crippen LogP contribution in [-0.4, -0.2) is 24.0 Å². The van der Waals surface area contributed by atoms with Crippen molar-refractivity contribution in [1.29, 1.82) is 0 Å². The van der Waals surface area contributed by atoms with Crippen LogP contribution in [0, 0.1) is 18.7 Å². The SMILES string of the molecule is Cc1c([C@@H](C)NC(=O)NC2CCCC(C(=O)NC(C)C)C2)oc2ccc(F)cc12. The molecule has 3 atom stereocenters. The minimum Gasteiger partial charge on any atom is -0.459 e. The lowest BCUT2D eigenvalue weighted by Gasteiger charge is -2.30. The Hall–Kier alpha value is -2.57. The van der Waals surface area contributed by atoms with E-state index in [4.69, 9.17) is 4.42 Å². The Morgan fingerprint density at radius 1 is 1.17 bits per heavy atom. The molecule has 0 bridgehead atoms. The molecule has 2 unspecified atom stereocenters. The number of nitrogens with one attached hydrogen (secondary N) is 3. The zero-order valence-corrected chi connectivity index (χ0v) is 17.5. The first-order valence-electron chi connectivity index (χ1n) is 10.3. The predicted octanol–water partition coefficient (Wildman–Crippen LogP) is 4.32. The van der Waals surface area contributed by atoms with Gasteiger partial charge in [-0.15, -0.1) is 0 Å². The highest BCUT2D eigenvalue weighted by atomic mass is 19.1. The summed E-state index contributed by atoms with van der Waals surface area (Å²) in [4.78, 5) is 24.8. The zero-order chi connectivity index (χ0) is 21.1. The van der Waals surface area contributed by atoms with Crippen molar-refractivity contribution in [3.05, 3.63) is 35.3 Å². The Morgan fingerprint density at radius 2 is 1.93 bits per heavy atom. The Morgan fingerprint density at radius 3 is 2.66 bits per heavy atom. The molecule has 1 aliphatic carbocycles. The Bertz CT molecular complexity index is 893. The number of furan rings is 1. The van der Waals surface area contributed by atoms with Gasteiger partial charge in [0.1, 0.15) is 17.2 Å². The molecule has 0 radical (unpaired) electrons. The van der Waals surface area contributed by atoms with E-state index in [-0.39, 0.29) is 41.8 Å². The quantitative estimate of drug-likeness (QED) is 0.695. The van der Waals surface area contributed by atoms with E-state index in [1.54, 1.807) is 6.07 Å². The van der Waals surface area contributed by atoms with Crippen LogP contribution in [0.25, 0.3) is 11.0 Å². The lowest BCUT2D eigenvalue weighted by molar-refractivity contribution is -0.126. The molecule has 3 amide bonds. The minimum absolute atomic E-state index is 0.0373. The summed E-state index contributed by atoms with van der Waals surface area (Å²) in [5.41, 5.74) is 1.41. The van der Waals surface area contributed by atoms with Crippen molar-refractivity contribution in [2.24, 2.45) is 5.92 Å². The Balaban J connectivity index is 1.59. The number of carbonyl (C=O) groups excluding carboxylic acids is 2. The van der Waals surface area contributed by atoms with Gasteiger partial charge in [0.2, 0.25) is 5.91 Å². The number of urea groups is 1. The molecule has 29 heavy (non-hydrogen) atoms. The third-order valence-corrected chi connectivity index (χ3v) is 5.49. The summed E-state index contributed by atoms with van der Waals surface area (Å²) in [6.45, 7) is 7.58. The number of benzene rings is 1. The van der Waals surface area contributed by atoms with E-state index in [1.165, 1.54) is 12.1 Å². The summed E-state index contributed by atoms with van der Waals surface area (Å²) in [5, 5.41) is 9.55. The van der Waals surface area contributed by atoms with Crippen molar-refractivity contribution in [3.63, 3.8) is 0 Å². The minimum atomic E-state index is -0.367. The summed E-state index contributed by atoms with van der Waals surface area (Å²) in [6, 6.07) is 3.81. The normalized spacial score (nSPS) is 20.5. The molecule has 2 aromatic rings. The molecular weight excluding hydrogens is 373 g/mol. The molecule has 0 spiro atoms. The van der Waals surface area contributed by atoms with E-state index in [0.717, 1.165) is 24.8 Å². The van der Waals surface area contributed by atoms with Crippen LogP contribution in [-0.2, 0) is 4.79 Å². The number of rotatable bonds is 5. The molecule has 0 saturated heterocycles. The lowest BCUT2D eigenvalue weighted by atomic mass is 9.85. The van der Waals surface area contributed by atoms with Gasteiger partial charge in [0.05, 0.1) is 6.04 Å². The van der Waals surface area contributed by atoms with Crippen LogP contribution in [0.2, 0.25) is 0 Å². The zero-order valence-electron chi connectivity index (χ0n) is 17.5. The van der Waals surface area contributed by atoms with Gasteiger partial charge in [-0.25, -0.2) is 9.18 Å². The summed E-state index contributed by atoms with van der Waals surface area (Å²) in [6.07, 6.45) is 3.26. The molecule has 1 aromatic heterocycles. The molecule has 7 heteroatoms. The highest BCUT2D eigenvalue weighted by Gasteiger charge is 2.29. The van der Waals surface area contributed by atoms with Crippen LogP contribution in [0.4, 0.5) is 9.18 Å². The van der Waals surface area contributed by atoms with Gasteiger partial charge in [-0.1, -0.05) is 6.42 Å². The van der Waals surface area contributed by atoms with Crippen molar-refractivity contribution in [3.8, 4) is 0 Å². The first-order chi connectivity index (χ1) is 13.7. The van der Waals surface area contributed by atoms with E-state index in [2.05, 4.69) is 16.0 Å². The second-order valence-electron chi connectivity index (χ2n) is 8.30. The van der Waals surface area contributed by atoms with Gasteiger partial charge < -0.3 is 20.4 Å². The smallest absolute Gasteiger partial charge is 0.315 e.